The smallest absolute Gasteiger partial charge is 0.320 e. The van der Waals surface area contributed by atoms with Gasteiger partial charge in [-0.15, -0.1) is 0 Å². The second kappa shape index (κ2) is 11.8. The van der Waals surface area contributed by atoms with Gasteiger partial charge in [-0.1, -0.05) is 18.6 Å². The second-order valence-electron chi connectivity index (χ2n) is 9.47. The third kappa shape index (κ3) is 6.68. The van der Waals surface area contributed by atoms with Gasteiger partial charge in [-0.2, -0.15) is 0 Å². The molecule has 0 aromatic heterocycles. The lowest BCUT2D eigenvalue weighted by atomic mass is 10.1. The zero-order valence-corrected chi connectivity index (χ0v) is 20.1. The molecule has 0 atom stereocenters. The molecular weight excluding hydrogens is 418 g/mol. The van der Waals surface area contributed by atoms with Crippen molar-refractivity contribution < 1.29 is 14.3 Å². The number of piperazine rings is 1. The number of likely N-dealkylation sites (tertiary alicyclic amines) is 1. The minimum absolute atomic E-state index is 0.0915. The summed E-state index contributed by atoms with van der Waals surface area (Å²) in [7, 11) is 1.90. The molecule has 8 nitrogen and oxygen atoms in total. The van der Waals surface area contributed by atoms with Crippen molar-refractivity contribution in [2.75, 3.05) is 85.7 Å². The summed E-state index contributed by atoms with van der Waals surface area (Å²) < 4.78 is 5.35. The fraction of sp³-hybridized carbons (Fsp3) is 0.680. The van der Waals surface area contributed by atoms with E-state index in [0.29, 0.717) is 26.3 Å². The number of rotatable bonds is 6. The Morgan fingerprint density at radius 1 is 0.818 bits per heavy atom. The molecule has 0 saturated carbocycles. The van der Waals surface area contributed by atoms with Gasteiger partial charge < -0.3 is 24.3 Å². The molecule has 8 heteroatoms. The van der Waals surface area contributed by atoms with Gasteiger partial charge in [0.15, 0.2) is 0 Å². The minimum atomic E-state index is 0.0915. The maximum Gasteiger partial charge on any atom is 0.320 e. The molecule has 0 bridgehead atoms. The van der Waals surface area contributed by atoms with Crippen LogP contribution in [0.4, 0.5) is 4.79 Å². The molecule has 0 radical (unpaired) electrons. The van der Waals surface area contributed by atoms with Crippen LogP contribution in [0.1, 0.15) is 35.2 Å². The molecule has 1 aromatic carbocycles. The van der Waals surface area contributed by atoms with Gasteiger partial charge in [0, 0.05) is 71.5 Å². The van der Waals surface area contributed by atoms with Gasteiger partial charge in [-0.25, -0.2) is 4.79 Å². The fourth-order valence-corrected chi connectivity index (χ4v) is 4.86. The Bertz CT molecular complexity index is 767. The first-order valence-corrected chi connectivity index (χ1v) is 12.5. The van der Waals surface area contributed by atoms with Crippen LogP contribution in [0.2, 0.25) is 0 Å². The molecule has 3 saturated heterocycles. The van der Waals surface area contributed by atoms with Crippen LogP contribution in [-0.4, -0.2) is 122 Å². The molecule has 0 unspecified atom stereocenters. The normalized spacial score (nSPS) is 20.6. The highest BCUT2D eigenvalue weighted by Gasteiger charge is 2.26. The molecule has 4 rings (SSSR count). The van der Waals surface area contributed by atoms with E-state index in [1.54, 1.807) is 0 Å². The standard InChI is InChI=1S/C25H39N5O3/c1-26(11-12-27-9-3-2-4-10-27)24(31)23-7-5-22(6-8-23)21-28-13-15-29(16-14-28)25(32)30-17-19-33-20-18-30/h5-8H,2-4,9-21H2,1H3. The summed E-state index contributed by atoms with van der Waals surface area (Å²) in [5.41, 5.74) is 1.95. The highest BCUT2D eigenvalue weighted by atomic mass is 16.5. The van der Waals surface area contributed by atoms with Gasteiger partial charge in [-0.3, -0.25) is 9.69 Å². The van der Waals surface area contributed by atoms with Crippen molar-refractivity contribution in [2.45, 2.75) is 25.8 Å². The van der Waals surface area contributed by atoms with Crippen LogP contribution in [0.5, 0.6) is 0 Å². The minimum Gasteiger partial charge on any atom is -0.378 e. The second-order valence-corrected chi connectivity index (χ2v) is 9.47. The predicted molar refractivity (Wildman–Crippen MR) is 128 cm³/mol. The number of benzene rings is 1. The molecule has 3 fully saturated rings. The summed E-state index contributed by atoms with van der Waals surface area (Å²) in [4.78, 5) is 36.0. The van der Waals surface area contributed by atoms with Gasteiger partial charge in [0.1, 0.15) is 0 Å². The largest absolute Gasteiger partial charge is 0.378 e. The number of ether oxygens (including phenoxy) is 1. The van der Waals surface area contributed by atoms with Crippen molar-refractivity contribution in [3.8, 4) is 0 Å². The van der Waals surface area contributed by atoms with E-state index < -0.39 is 0 Å². The van der Waals surface area contributed by atoms with Crippen LogP contribution in [0.3, 0.4) is 0 Å². The molecule has 3 amide bonds. The number of carbonyl (C=O) groups is 2. The van der Waals surface area contributed by atoms with Gasteiger partial charge in [-0.05, 0) is 43.6 Å². The van der Waals surface area contributed by atoms with Crippen LogP contribution in [-0.2, 0) is 11.3 Å². The van der Waals surface area contributed by atoms with E-state index in [1.807, 2.05) is 33.9 Å². The van der Waals surface area contributed by atoms with E-state index in [1.165, 1.54) is 24.8 Å². The summed E-state index contributed by atoms with van der Waals surface area (Å²) in [6.45, 7) is 10.8. The Hall–Kier alpha value is -2.16. The van der Waals surface area contributed by atoms with Crippen molar-refractivity contribution in [3.63, 3.8) is 0 Å². The van der Waals surface area contributed by atoms with Crippen molar-refractivity contribution >= 4 is 11.9 Å². The molecule has 0 aliphatic carbocycles. The highest BCUT2D eigenvalue weighted by molar-refractivity contribution is 5.94. The Labute approximate surface area is 198 Å². The maximum atomic E-state index is 12.8. The number of urea groups is 1. The molecule has 182 valence electrons. The van der Waals surface area contributed by atoms with E-state index in [-0.39, 0.29) is 11.9 Å². The Morgan fingerprint density at radius 2 is 1.45 bits per heavy atom. The van der Waals surface area contributed by atoms with E-state index >= 15 is 0 Å². The Kier molecular flexibility index (Phi) is 8.58. The zero-order valence-electron chi connectivity index (χ0n) is 20.1. The Balaban J connectivity index is 1.20. The Morgan fingerprint density at radius 3 is 2.12 bits per heavy atom. The molecule has 3 aliphatic rings. The van der Waals surface area contributed by atoms with E-state index in [0.717, 1.165) is 64.5 Å². The molecule has 0 spiro atoms. The third-order valence-corrected chi connectivity index (χ3v) is 7.08. The summed E-state index contributed by atoms with van der Waals surface area (Å²) >= 11 is 0. The lowest BCUT2D eigenvalue weighted by molar-refractivity contribution is 0.0373. The van der Waals surface area contributed by atoms with E-state index in [2.05, 4.69) is 21.9 Å². The average Bonchev–Trinajstić information content (AvgIpc) is 2.88. The maximum absolute atomic E-state index is 12.8. The molecule has 3 heterocycles. The monoisotopic (exact) mass is 457 g/mol. The van der Waals surface area contributed by atoms with Gasteiger partial charge >= 0.3 is 6.03 Å². The highest BCUT2D eigenvalue weighted by Crippen LogP contribution is 2.14. The number of hydrogen-bond donors (Lipinski definition) is 0. The summed E-state index contributed by atoms with van der Waals surface area (Å²) in [6.07, 6.45) is 3.89. The number of likely N-dealkylation sites (N-methyl/N-ethyl adjacent to an activating group) is 1. The SMILES string of the molecule is CN(CCN1CCCCC1)C(=O)c1ccc(CN2CCN(C(=O)N3CCOCC3)CC2)cc1. The molecule has 0 N–H and O–H groups in total. The quantitative estimate of drug-likeness (QED) is 0.652. The number of amides is 3. The van der Waals surface area contributed by atoms with Crippen LogP contribution in [0.25, 0.3) is 0 Å². The summed E-state index contributed by atoms with van der Waals surface area (Å²) in [6, 6.07) is 8.18. The fourth-order valence-electron chi connectivity index (χ4n) is 4.86. The number of piperidine rings is 1. The van der Waals surface area contributed by atoms with Crippen molar-refractivity contribution in [1.82, 2.24) is 24.5 Å². The first-order chi connectivity index (χ1) is 16.1. The zero-order chi connectivity index (χ0) is 23.0. The van der Waals surface area contributed by atoms with Crippen LogP contribution in [0.15, 0.2) is 24.3 Å². The van der Waals surface area contributed by atoms with Crippen molar-refractivity contribution in [2.24, 2.45) is 0 Å². The number of nitrogens with zero attached hydrogens (tertiary/aromatic N) is 5. The lowest BCUT2D eigenvalue weighted by Crippen LogP contribution is -2.54. The average molecular weight is 458 g/mol. The van der Waals surface area contributed by atoms with Gasteiger partial charge in [0.2, 0.25) is 0 Å². The number of hydrogen-bond acceptors (Lipinski definition) is 5. The molecule has 1 aromatic rings. The van der Waals surface area contributed by atoms with Crippen molar-refractivity contribution in [3.05, 3.63) is 35.4 Å². The van der Waals surface area contributed by atoms with Crippen LogP contribution < -0.4 is 0 Å². The molecule has 3 aliphatic heterocycles. The van der Waals surface area contributed by atoms with Gasteiger partial charge in [0.05, 0.1) is 13.2 Å². The van der Waals surface area contributed by atoms with Gasteiger partial charge in [0.25, 0.3) is 5.91 Å². The van der Waals surface area contributed by atoms with Crippen LogP contribution in [0, 0.1) is 0 Å². The van der Waals surface area contributed by atoms with Crippen molar-refractivity contribution in [1.29, 1.82) is 0 Å². The number of morpholine rings is 1. The predicted octanol–water partition coefficient (Wildman–Crippen LogP) is 1.81. The van der Waals surface area contributed by atoms with E-state index in [9.17, 15) is 9.59 Å². The third-order valence-electron chi connectivity index (χ3n) is 7.08. The topological polar surface area (TPSA) is 59.6 Å². The summed E-state index contributed by atoms with van der Waals surface area (Å²) in [5.74, 6) is 0.0915. The lowest BCUT2D eigenvalue weighted by Gasteiger charge is -2.38. The molecular formula is C25H39N5O3. The number of carbonyl (C=O) groups excluding carboxylic acids is 2. The van der Waals surface area contributed by atoms with E-state index in [4.69, 9.17) is 4.74 Å². The summed E-state index contributed by atoms with van der Waals surface area (Å²) in [5, 5.41) is 0. The first kappa shape index (κ1) is 24.0. The van der Waals surface area contributed by atoms with Crippen LogP contribution >= 0.6 is 0 Å². The molecule has 33 heavy (non-hydrogen) atoms. The first-order valence-electron chi connectivity index (χ1n) is 12.5.